The first kappa shape index (κ1) is 17.3. The highest BCUT2D eigenvalue weighted by atomic mass is 16.5. The van der Waals surface area contributed by atoms with Gasteiger partial charge >= 0.3 is 0 Å². The van der Waals surface area contributed by atoms with E-state index in [9.17, 15) is 9.59 Å². The Balaban J connectivity index is 1.35. The van der Waals surface area contributed by atoms with Crippen molar-refractivity contribution in [3.05, 3.63) is 70.9 Å². The van der Waals surface area contributed by atoms with Crippen molar-refractivity contribution in [3.8, 4) is 5.75 Å². The number of rotatable bonds is 4. The molecule has 0 atom stereocenters. The number of nitrogens with one attached hydrogen (secondary N) is 2. The van der Waals surface area contributed by atoms with Gasteiger partial charge in [0.25, 0.3) is 5.91 Å². The number of hydrogen-bond acceptors (Lipinski definition) is 4. The van der Waals surface area contributed by atoms with E-state index in [4.69, 9.17) is 4.74 Å². The number of hydrogen-bond donors (Lipinski definition) is 2. The van der Waals surface area contributed by atoms with E-state index in [1.165, 1.54) is 18.3 Å². The van der Waals surface area contributed by atoms with E-state index in [-0.39, 0.29) is 23.5 Å². The Morgan fingerprint density at radius 3 is 2.81 bits per heavy atom. The summed E-state index contributed by atoms with van der Waals surface area (Å²) in [6.07, 6.45) is 8.67. The number of carbonyl (C=O) groups excluding carboxylic acids is 1. The molecule has 1 aromatic carbocycles. The molecule has 2 heterocycles. The molecule has 0 spiro atoms. The third-order valence-electron chi connectivity index (χ3n) is 4.96. The van der Waals surface area contributed by atoms with E-state index in [1.54, 1.807) is 6.20 Å². The van der Waals surface area contributed by atoms with Crippen molar-refractivity contribution < 1.29 is 9.53 Å². The largest absolute Gasteiger partial charge is 0.490 e. The van der Waals surface area contributed by atoms with Crippen LogP contribution < -0.4 is 15.5 Å². The highest BCUT2D eigenvalue weighted by Gasteiger charge is 2.24. The molecule has 1 fully saturated rings. The number of aromatic amines is 1. The summed E-state index contributed by atoms with van der Waals surface area (Å²) >= 11 is 0. The zero-order chi connectivity index (χ0) is 18.6. The van der Waals surface area contributed by atoms with Gasteiger partial charge in [0.05, 0.1) is 6.10 Å². The summed E-state index contributed by atoms with van der Waals surface area (Å²) in [5, 5.41) is 5.13. The first-order chi connectivity index (χ1) is 13.2. The maximum atomic E-state index is 12.3. The molecular formula is C21H21N3O3. The Bertz CT molecular complexity index is 1000. The van der Waals surface area contributed by atoms with Gasteiger partial charge in [-0.25, -0.2) is 0 Å². The van der Waals surface area contributed by atoms with E-state index in [0.717, 1.165) is 42.2 Å². The van der Waals surface area contributed by atoms with Gasteiger partial charge in [-0.2, -0.15) is 0 Å². The minimum Gasteiger partial charge on any atom is -0.490 e. The van der Waals surface area contributed by atoms with Crippen LogP contribution in [0.2, 0.25) is 0 Å². The third kappa shape index (κ3) is 4.00. The van der Waals surface area contributed by atoms with Crippen molar-refractivity contribution in [1.29, 1.82) is 0 Å². The summed E-state index contributed by atoms with van der Waals surface area (Å²) in [5.74, 6) is 0.642. The Morgan fingerprint density at radius 1 is 1.15 bits per heavy atom. The summed E-state index contributed by atoms with van der Waals surface area (Å²) in [6.45, 7) is 0. The van der Waals surface area contributed by atoms with Gasteiger partial charge in [-0.3, -0.25) is 14.6 Å². The van der Waals surface area contributed by atoms with E-state index in [2.05, 4.69) is 15.3 Å². The molecule has 138 valence electrons. The predicted octanol–water partition coefficient (Wildman–Crippen LogP) is 3.04. The van der Waals surface area contributed by atoms with Crippen molar-refractivity contribution >= 4 is 16.7 Å². The SMILES string of the molecule is O=C(NC1CCC(Oc2cccc3cnccc23)CC1)c1cc(=O)cc[nH]1. The lowest BCUT2D eigenvalue weighted by Gasteiger charge is -2.29. The second-order valence-corrected chi connectivity index (χ2v) is 6.86. The van der Waals surface area contributed by atoms with Crippen LogP contribution in [0.3, 0.4) is 0 Å². The number of aromatic nitrogens is 2. The molecule has 4 rings (SSSR count). The Hall–Kier alpha value is -3.15. The van der Waals surface area contributed by atoms with Gasteiger partial charge in [0.1, 0.15) is 11.4 Å². The van der Waals surface area contributed by atoms with E-state index in [0.29, 0.717) is 5.69 Å². The number of nitrogens with zero attached hydrogens (tertiary/aromatic N) is 1. The van der Waals surface area contributed by atoms with Crippen LogP contribution in [0, 0.1) is 0 Å². The molecule has 0 unspecified atom stereocenters. The van der Waals surface area contributed by atoms with E-state index >= 15 is 0 Å². The summed E-state index contributed by atoms with van der Waals surface area (Å²) < 4.78 is 6.23. The van der Waals surface area contributed by atoms with Crippen molar-refractivity contribution in [3.63, 3.8) is 0 Å². The lowest BCUT2D eigenvalue weighted by molar-refractivity contribution is 0.0890. The van der Waals surface area contributed by atoms with Crippen LogP contribution in [-0.2, 0) is 0 Å². The average molecular weight is 363 g/mol. The number of amides is 1. The van der Waals surface area contributed by atoms with Crippen LogP contribution in [0.25, 0.3) is 10.8 Å². The average Bonchev–Trinajstić information content (AvgIpc) is 2.70. The molecule has 1 aliphatic carbocycles. The van der Waals surface area contributed by atoms with Crippen LogP contribution in [-0.4, -0.2) is 28.0 Å². The fourth-order valence-corrected chi connectivity index (χ4v) is 3.54. The van der Waals surface area contributed by atoms with Gasteiger partial charge in [0.15, 0.2) is 5.43 Å². The minimum atomic E-state index is -0.237. The number of ether oxygens (including phenoxy) is 1. The molecule has 0 aliphatic heterocycles. The highest BCUT2D eigenvalue weighted by Crippen LogP contribution is 2.29. The predicted molar refractivity (Wildman–Crippen MR) is 103 cm³/mol. The lowest BCUT2D eigenvalue weighted by Crippen LogP contribution is -2.40. The molecule has 2 aromatic heterocycles. The molecule has 6 nitrogen and oxygen atoms in total. The molecule has 0 saturated heterocycles. The van der Waals surface area contributed by atoms with Crippen LogP contribution in [0.1, 0.15) is 36.2 Å². The molecule has 0 bridgehead atoms. The van der Waals surface area contributed by atoms with Gasteiger partial charge < -0.3 is 15.0 Å². The number of carbonyl (C=O) groups is 1. The fraction of sp³-hybridized carbons (Fsp3) is 0.286. The van der Waals surface area contributed by atoms with Gasteiger partial charge in [-0.15, -0.1) is 0 Å². The van der Waals surface area contributed by atoms with Crippen LogP contribution in [0.5, 0.6) is 5.75 Å². The molecule has 0 radical (unpaired) electrons. The molecule has 1 aliphatic rings. The maximum Gasteiger partial charge on any atom is 0.268 e. The first-order valence-electron chi connectivity index (χ1n) is 9.18. The number of pyridine rings is 2. The summed E-state index contributed by atoms with van der Waals surface area (Å²) in [4.78, 5) is 30.6. The van der Waals surface area contributed by atoms with Crippen molar-refractivity contribution in [2.24, 2.45) is 0 Å². The third-order valence-corrected chi connectivity index (χ3v) is 4.96. The Labute approximate surface area is 156 Å². The van der Waals surface area contributed by atoms with Gasteiger partial charge in [-0.05, 0) is 37.8 Å². The molecule has 1 saturated carbocycles. The van der Waals surface area contributed by atoms with Gasteiger partial charge in [-0.1, -0.05) is 12.1 Å². The van der Waals surface area contributed by atoms with Crippen LogP contribution in [0.15, 0.2) is 59.8 Å². The fourth-order valence-electron chi connectivity index (χ4n) is 3.54. The summed E-state index contributed by atoms with van der Waals surface area (Å²) in [5.41, 5.74) is 0.117. The zero-order valence-corrected chi connectivity index (χ0v) is 14.9. The van der Waals surface area contributed by atoms with Crippen LogP contribution in [0.4, 0.5) is 0 Å². The number of fused-ring (bicyclic) bond motifs is 1. The molecule has 6 heteroatoms. The topological polar surface area (TPSA) is 84.1 Å². The molecule has 1 amide bonds. The number of benzene rings is 1. The second kappa shape index (κ2) is 7.61. The second-order valence-electron chi connectivity index (χ2n) is 6.86. The molecule has 3 aromatic rings. The van der Waals surface area contributed by atoms with Gasteiger partial charge in [0.2, 0.25) is 0 Å². The summed E-state index contributed by atoms with van der Waals surface area (Å²) in [6, 6.07) is 10.8. The van der Waals surface area contributed by atoms with Gasteiger partial charge in [0, 0.05) is 47.5 Å². The van der Waals surface area contributed by atoms with Crippen molar-refractivity contribution in [1.82, 2.24) is 15.3 Å². The van der Waals surface area contributed by atoms with Crippen LogP contribution >= 0.6 is 0 Å². The Morgan fingerprint density at radius 2 is 2.00 bits per heavy atom. The Kier molecular flexibility index (Phi) is 4.87. The molecule has 27 heavy (non-hydrogen) atoms. The standard InChI is InChI=1S/C21H21N3O3/c25-16-8-11-23-19(12-16)21(26)24-15-4-6-17(7-5-15)27-20-3-1-2-14-13-22-10-9-18(14)20/h1-3,8-13,15,17H,4-7H2,(H,23,25)(H,24,26). The highest BCUT2D eigenvalue weighted by molar-refractivity contribution is 5.92. The quantitative estimate of drug-likeness (QED) is 0.746. The normalized spacial score (nSPS) is 19.6. The maximum absolute atomic E-state index is 12.3. The molecule has 2 N–H and O–H groups in total. The smallest absolute Gasteiger partial charge is 0.268 e. The number of H-pyrrole nitrogens is 1. The zero-order valence-electron chi connectivity index (χ0n) is 14.9. The van der Waals surface area contributed by atoms with E-state index in [1.807, 2.05) is 30.5 Å². The first-order valence-corrected chi connectivity index (χ1v) is 9.18. The van der Waals surface area contributed by atoms with Crippen molar-refractivity contribution in [2.45, 2.75) is 37.8 Å². The monoisotopic (exact) mass is 363 g/mol. The lowest BCUT2D eigenvalue weighted by atomic mass is 9.92. The minimum absolute atomic E-state index is 0.0952. The van der Waals surface area contributed by atoms with Crippen molar-refractivity contribution in [2.75, 3.05) is 0 Å². The summed E-state index contributed by atoms with van der Waals surface area (Å²) in [7, 11) is 0. The van der Waals surface area contributed by atoms with E-state index < -0.39 is 0 Å². The molecular weight excluding hydrogens is 342 g/mol.